The number of carboxylic acid groups (broad SMARTS) is 1. The average molecular weight is 427 g/mol. The van der Waals surface area contributed by atoms with Crippen molar-refractivity contribution in [3.63, 3.8) is 0 Å². The van der Waals surface area contributed by atoms with Gasteiger partial charge in [0.25, 0.3) is 0 Å². The van der Waals surface area contributed by atoms with Gasteiger partial charge in [0.15, 0.2) is 14.6 Å². The van der Waals surface area contributed by atoms with Crippen molar-refractivity contribution < 1.29 is 23.8 Å². The standard InChI is InChI=1S/C23H42O5Si/c1-4-29(5-2,6-3)28-21-15-14-19(18-22(24)25)20(21)12-8-7-10-16-26-23-13-9-11-17-27-23/h7-8,19-21,23H,4-6,9-18H2,1-3H3,(H,24,25)/b8-7-/t19-,20+,21-,23?/m1/s1. The monoisotopic (exact) mass is 426 g/mol. The van der Waals surface area contributed by atoms with Crippen molar-refractivity contribution in [3.8, 4) is 0 Å². The Kier molecular flexibility index (Phi) is 10.9. The summed E-state index contributed by atoms with van der Waals surface area (Å²) in [4.78, 5) is 11.3. The molecule has 6 heteroatoms. The highest BCUT2D eigenvalue weighted by Crippen LogP contribution is 2.41. The first-order valence-corrected chi connectivity index (χ1v) is 14.3. The van der Waals surface area contributed by atoms with Crippen molar-refractivity contribution in [3.05, 3.63) is 12.2 Å². The van der Waals surface area contributed by atoms with Gasteiger partial charge >= 0.3 is 5.97 Å². The van der Waals surface area contributed by atoms with E-state index < -0.39 is 14.3 Å². The van der Waals surface area contributed by atoms with Crippen LogP contribution in [0.5, 0.6) is 0 Å². The second-order valence-corrected chi connectivity index (χ2v) is 13.4. The van der Waals surface area contributed by atoms with E-state index in [0.29, 0.717) is 12.5 Å². The summed E-state index contributed by atoms with van der Waals surface area (Å²) < 4.78 is 18.2. The molecule has 1 saturated heterocycles. The molecule has 2 rings (SSSR count). The molecule has 168 valence electrons. The molecular weight excluding hydrogens is 384 g/mol. The van der Waals surface area contributed by atoms with E-state index in [1.165, 1.54) is 6.42 Å². The first-order valence-electron chi connectivity index (χ1n) is 11.8. The molecule has 1 unspecified atom stereocenters. The molecule has 0 spiro atoms. The second kappa shape index (κ2) is 12.9. The molecule has 0 aromatic carbocycles. The Hall–Kier alpha value is -0.693. The first kappa shape index (κ1) is 24.6. The highest BCUT2D eigenvalue weighted by atomic mass is 28.4. The minimum Gasteiger partial charge on any atom is -0.481 e. The van der Waals surface area contributed by atoms with Crippen molar-refractivity contribution in [2.45, 2.75) is 103 Å². The quantitative estimate of drug-likeness (QED) is 0.230. The molecule has 0 radical (unpaired) electrons. The molecule has 0 aromatic rings. The van der Waals surface area contributed by atoms with E-state index in [2.05, 4.69) is 32.9 Å². The summed E-state index contributed by atoms with van der Waals surface area (Å²) in [6.07, 6.45) is 11.9. The maximum absolute atomic E-state index is 11.3. The van der Waals surface area contributed by atoms with E-state index in [-0.39, 0.29) is 24.7 Å². The van der Waals surface area contributed by atoms with Crippen LogP contribution < -0.4 is 0 Å². The fourth-order valence-electron chi connectivity index (χ4n) is 4.88. The van der Waals surface area contributed by atoms with Crippen LogP contribution in [-0.4, -0.2) is 45.0 Å². The molecule has 2 fully saturated rings. The van der Waals surface area contributed by atoms with Gasteiger partial charge in [0.1, 0.15) is 0 Å². The van der Waals surface area contributed by atoms with Crippen molar-refractivity contribution in [2.75, 3.05) is 13.2 Å². The molecule has 1 heterocycles. The summed E-state index contributed by atoms with van der Waals surface area (Å²) in [5, 5.41) is 9.34. The van der Waals surface area contributed by atoms with Gasteiger partial charge in [0.05, 0.1) is 6.61 Å². The minimum atomic E-state index is -1.68. The summed E-state index contributed by atoms with van der Waals surface area (Å²) in [6, 6.07) is 3.43. The number of ether oxygens (including phenoxy) is 2. The Labute approximate surface area is 178 Å². The number of rotatable bonds is 13. The molecule has 0 bridgehead atoms. The molecule has 1 saturated carbocycles. The van der Waals surface area contributed by atoms with E-state index in [9.17, 15) is 9.90 Å². The predicted octanol–water partition coefficient (Wildman–Crippen LogP) is 5.76. The molecule has 2 aliphatic rings. The Morgan fingerprint density at radius 3 is 2.48 bits per heavy atom. The van der Waals surface area contributed by atoms with Gasteiger partial charge in [-0.2, -0.15) is 0 Å². The van der Waals surface area contributed by atoms with Crippen LogP contribution in [0.15, 0.2) is 12.2 Å². The summed E-state index contributed by atoms with van der Waals surface area (Å²) >= 11 is 0. The molecule has 1 aliphatic carbocycles. The van der Waals surface area contributed by atoms with Gasteiger partial charge in [-0.1, -0.05) is 32.9 Å². The third-order valence-corrected chi connectivity index (χ3v) is 11.6. The zero-order valence-corrected chi connectivity index (χ0v) is 19.7. The lowest BCUT2D eigenvalue weighted by atomic mass is 9.89. The lowest BCUT2D eigenvalue weighted by molar-refractivity contribution is -0.161. The molecule has 0 aromatic heterocycles. The fraction of sp³-hybridized carbons (Fsp3) is 0.870. The second-order valence-electron chi connectivity index (χ2n) is 8.66. The normalized spacial score (nSPS) is 28.2. The van der Waals surface area contributed by atoms with Crippen LogP contribution >= 0.6 is 0 Å². The highest BCUT2D eigenvalue weighted by Gasteiger charge is 2.41. The largest absolute Gasteiger partial charge is 0.481 e. The van der Waals surface area contributed by atoms with Gasteiger partial charge in [-0.15, -0.1) is 0 Å². The van der Waals surface area contributed by atoms with Gasteiger partial charge in [-0.25, -0.2) is 0 Å². The van der Waals surface area contributed by atoms with Crippen LogP contribution in [-0.2, 0) is 18.7 Å². The summed E-state index contributed by atoms with van der Waals surface area (Å²) in [5.74, 6) is -0.136. The van der Waals surface area contributed by atoms with E-state index >= 15 is 0 Å². The Balaban J connectivity index is 1.86. The Bertz CT molecular complexity index is 491. The number of aliphatic carboxylic acids is 1. The van der Waals surface area contributed by atoms with Crippen LogP contribution in [0.3, 0.4) is 0 Å². The van der Waals surface area contributed by atoms with E-state index in [1.807, 2.05) is 0 Å². The van der Waals surface area contributed by atoms with Crippen molar-refractivity contribution in [2.24, 2.45) is 11.8 Å². The van der Waals surface area contributed by atoms with Gasteiger partial charge in [-0.3, -0.25) is 4.79 Å². The molecule has 29 heavy (non-hydrogen) atoms. The van der Waals surface area contributed by atoms with Crippen LogP contribution in [0.25, 0.3) is 0 Å². The molecule has 1 N–H and O–H groups in total. The van der Waals surface area contributed by atoms with E-state index in [1.54, 1.807) is 0 Å². The Morgan fingerprint density at radius 2 is 1.86 bits per heavy atom. The smallest absolute Gasteiger partial charge is 0.303 e. The minimum absolute atomic E-state index is 0.0278. The number of carboxylic acids is 1. The average Bonchev–Trinajstić information content (AvgIpc) is 3.09. The summed E-state index contributed by atoms with van der Waals surface area (Å²) in [7, 11) is -1.68. The third-order valence-electron chi connectivity index (χ3n) is 6.98. The third kappa shape index (κ3) is 7.81. The Morgan fingerprint density at radius 1 is 1.10 bits per heavy atom. The van der Waals surface area contributed by atoms with Crippen LogP contribution in [0.2, 0.25) is 18.1 Å². The van der Waals surface area contributed by atoms with Gasteiger partial charge in [-0.05, 0) is 74.9 Å². The maximum atomic E-state index is 11.3. The van der Waals surface area contributed by atoms with Gasteiger partial charge < -0.3 is 19.0 Å². The lowest BCUT2D eigenvalue weighted by Crippen LogP contribution is -2.41. The van der Waals surface area contributed by atoms with Gasteiger partial charge in [0, 0.05) is 19.1 Å². The zero-order chi connectivity index (χ0) is 21.1. The predicted molar refractivity (Wildman–Crippen MR) is 118 cm³/mol. The number of hydrogen-bond donors (Lipinski definition) is 1. The van der Waals surface area contributed by atoms with Crippen molar-refractivity contribution in [1.29, 1.82) is 0 Å². The summed E-state index contributed by atoms with van der Waals surface area (Å²) in [5.41, 5.74) is 0. The van der Waals surface area contributed by atoms with Crippen LogP contribution in [0.4, 0.5) is 0 Å². The van der Waals surface area contributed by atoms with E-state index in [0.717, 1.165) is 63.3 Å². The molecule has 4 atom stereocenters. The number of hydrogen-bond acceptors (Lipinski definition) is 4. The SMILES string of the molecule is CC[Si](CC)(CC)O[C@@H]1CC[C@H](CC(=O)O)[C@@H]1C/C=C\CCOC1CCCCO1. The molecule has 0 amide bonds. The van der Waals surface area contributed by atoms with Crippen molar-refractivity contribution >= 4 is 14.3 Å². The van der Waals surface area contributed by atoms with E-state index in [4.69, 9.17) is 13.9 Å². The lowest BCUT2D eigenvalue weighted by Gasteiger charge is -2.35. The molecule has 1 aliphatic heterocycles. The summed E-state index contributed by atoms with van der Waals surface area (Å²) in [6.45, 7) is 8.27. The zero-order valence-electron chi connectivity index (χ0n) is 18.7. The topological polar surface area (TPSA) is 65.0 Å². The first-order chi connectivity index (χ1) is 14.0. The van der Waals surface area contributed by atoms with Gasteiger partial charge in [0.2, 0.25) is 0 Å². The number of carbonyl (C=O) groups is 1. The fourth-order valence-corrected chi connectivity index (χ4v) is 7.82. The van der Waals surface area contributed by atoms with Crippen LogP contribution in [0.1, 0.15) is 72.1 Å². The number of allylic oxidation sites excluding steroid dienone is 1. The molecule has 5 nitrogen and oxygen atoms in total. The molecular formula is C23H42O5Si. The van der Waals surface area contributed by atoms with Crippen molar-refractivity contribution in [1.82, 2.24) is 0 Å². The maximum Gasteiger partial charge on any atom is 0.303 e. The highest BCUT2D eigenvalue weighted by molar-refractivity contribution is 6.73. The van der Waals surface area contributed by atoms with Crippen LogP contribution in [0, 0.1) is 11.8 Å².